The molecule has 3 heterocycles. The molecule has 0 bridgehead atoms. The maximum absolute atomic E-state index is 13.0. The van der Waals surface area contributed by atoms with E-state index in [-0.39, 0.29) is 11.4 Å². The molecule has 3 aromatic heterocycles. The van der Waals surface area contributed by atoms with Crippen LogP contribution in [0.4, 0.5) is 10.5 Å². The molecule has 4 rings (SSSR count). The Morgan fingerprint density at radius 2 is 1.68 bits per heavy atom. The fraction of sp³-hybridized carbons (Fsp3) is 0.276. The summed E-state index contributed by atoms with van der Waals surface area (Å²) in [5, 5.41) is 2.70. The molecule has 0 aliphatic rings. The van der Waals surface area contributed by atoms with E-state index in [1.165, 1.54) is 18.5 Å². The molecular formula is C29H32N6O4S. The maximum atomic E-state index is 13.0. The van der Waals surface area contributed by atoms with Crippen molar-refractivity contribution in [2.75, 3.05) is 4.72 Å². The number of hydrogen-bond donors (Lipinski definition) is 2. The van der Waals surface area contributed by atoms with Gasteiger partial charge in [-0.3, -0.25) is 14.7 Å². The number of amides is 1. The van der Waals surface area contributed by atoms with Gasteiger partial charge in [-0.15, -0.1) is 0 Å². The Hall–Kier alpha value is -4.38. The van der Waals surface area contributed by atoms with Gasteiger partial charge >= 0.3 is 6.09 Å². The van der Waals surface area contributed by atoms with Gasteiger partial charge in [0, 0.05) is 29.1 Å². The second-order valence-electron chi connectivity index (χ2n) is 10.1. The quantitative estimate of drug-likeness (QED) is 0.296. The van der Waals surface area contributed by atoms with Gasteiger partial charge in [0.1, 0.15) is 11.9 Å². The van der Waals surface area contributed by atoms with Crippen LogP contribution in [0.1, 0.15) is 44.8 Å². The molecule has 0 aliphatic carbocycles. The van der Waals surface area contributed by atoms with E-state index in [1.54, 1.807) is 70.4 Å². The molecule has 208 valence electrons. The Labute approximate surface area is 234 Å². The molecule has 4 aromatic rings. The van der Waals surface area contributed by atoms with Crippen LogP contribution in [0.25, 0.3) is 22.4 Å². The van der Waals surface area contributed by atoms with Crippen LogP contribution in [0.5, 0.6) is 0 Å². The Bertz CT molecular complexity index is 1600. The first-order chi connectivity index (χ1) is 19.0. The number of aryl methyl sites for hydroxylation is 2. The van der Waals surface area contributed by atoms with Gasteiger partial charge in [0.05, 0.1) is 39.9 Å². The predicted octanol–water partition coefficient (Wildman–Crippen LogP) is 5.30. The van der Waals surface area contributed by atoms with Crippen LogP contribution in [0, 0.1) is 6.92 Å². The zero-order valence-electron chi connectivity index (χ0n) is 23.1. The number of sulfonamides is 1. The zero-order valence-corrected chi connectivity index (χ0v) is 23.9. The van der Waals surface area contributed by atoms with Crippen LogP contribution in [0.3, 0.4) is 0 Å². The smallest absolute Gasteiger partial charge is 0.407 e. The lowest BCUT2D eigenvalue weighted by molar-refractivity contribution is 0.0523. The second-order valence-corrected chi connectivity index (χ2v) is 11.7. The zero-order chi connectivity index (χ0) is 28.9. The summed E-state index contributed by atoms with van der Waals surface area (Å²) in [6.07, 6.45) is 4.96. The number of carbonyl (C=O) groups excluding carboxylic acids is 1. The molecule has 11 heteroatoms. The topological polar surface area (TPSA) is 136 Å². The van der Waals surface area contributed by atoms with Crippen molar-refractivity contribution in [2.45, 2.75) is 58.1 Å². The monoisotopic (exact) mass is 560 g/mol. The number of pyridine rings is 2. The average Bonchev–Trinajstić information content (AvgIpc) is 2.92. The van der Waals surface area contributed by atoms with Crippen molar-refractivity contribution in [2.24, 2.45) is 0 Å². The third kappa shape index (κ3) is 6.97. The normalized spacial score (nSPS) is 11.6. The van der Waals surface area contributed by atoms with Crippen molar-refractivity contribution in [3.63, 3.8) is 0 Å². The molecule has 0 unspecified atom stereocenters. The molecule has 0 atom stereocenters. The van der Waals surface area contributed by atoms with E-state index in [1.807, 2.05) is 13.0 Å². The van der Waals surface area contributed by atoms with Crippen molar-refractivity contribution in [3.05, 3.63) is 84.3 Å². The largest absolute Gasteiger partial charge is 0.444 e. The van der Waals surface area contributed by atoms with Gasteiger partial charge in [-0.1, -0.05) is 25.1 Å². The van der Waals surface area contributed by atoms with Crippen LogP contribution >= 0.6 is 0 Å². The van der Waals surface area contributed by atoms with Gasteiger partial charge < -0.3 is 10.1 Å². The lowest BCUT2D eigenvalue weighted by atomic mass is 9.98. The average molecular weight is 561 g/mol. The highest BCUT2D eigenvalue weighted by molar-refractivity contribution is 7.92. The number of nitrogens with one attached hydrogen (secondary N) is 2. The van der Waals surface area contributed by atoms with Crippen molar-refractivity contribution < 1.29 is 17.9 Å². The van der Waals surface area contributed by atoms with Crippen LogP contribution in [-0.2, 0) is 27.7 Å². The third-order valence-corrected chi connectivity index (χ3v) is 7.23. The van der Waals surface area contributed by atoms with Gasteiger partial charge in [-0.2, -0.15) is 0 Å². The van der Waals surface area contributed by atoms with Gasteiger partial charge in [0.15, 0.2) is 0 Å². The minimum atomic E-state index is -3.81. The van der Waals surface area contributed by atoms with Gasteiger partial charge in [-0.05, 0) is 64.4 Å². The first-order valence-corrected chi connectivity index (χ1v) is 14.3. The Kier molecular flexibility index (Phi) is 8.43. The second kappa shape index (κ2) is 11.8. The molecule has 0 saturated carbocycles. The number of rotatable bonds is 8. The lowest BCUT2D eigenvalue weighted by Crippen LogP contribution is -2.32. The molecule has 1 amide bonds. The Balaban J connectivity index is 1.65. The molecular weight excluding hydrogens is 528 g/mol. The highest BCUT2D eigenvalue weighted by Crippen LogP contribution is 2.34. The summed E-state index contributed by atoms with van der Waals surface area (Å²) in [7, 11) is -3.81. The molecule has 1 aromatic carbocycles. The number of nitrogens with zero attached hydrogens (tertiary/aromatic N) is 4. The van der Waals surface area contributed by atoms with Gasteiger partial charge in [-0.25, -0.2) is 23.2 Å². The number of carbonyl (C=O) groups is 1. The third-order valence-electron chi connectivity index (χ3n) is 5.84. The summed E-state index contributed by atoms with van der Waals surface area (Å²) in [6.45, 7) is 9.33. The van der Waals surface area contributed by atoms with Crippen LogP contribution < -0.4 is 10.0 Å². The summed E-state index contributed by atoms with van der Waals surface area (Å²) in [5.74, 6) is 0. The molecule has 0 spiro atoms. The van der Waals surface area contributed by atoms with E-state index in [0.717, 1.165) is 16.8 Å². The van der Waals surface area contributed by atoms with Crippen LogP contribution in [0.15, 0.2) is 72.1 Å². The van der Waals surface area contributed by atoms with Crippen molar-refractivity contribution >= 4 is 21.8 Å². The van der Waals surface area contributed by atoms with Crippen molar-refractivity contribution in [1.29, 1.82) is 0 Å². The fourth-order valence-corrected chi connectivity index (χ4v) is 5.06. The summed E-state index contributed by atoms with van der Waals surface area (Å²) in [6, 6.07) is 13.6. The molecule has 0 saturated heterocycles. The lowest BCUT2D eigenvalue weighted by Gasteiger charge is -2.19. The van der Waals surface area contributed by atoms with E-state index < -0.39 is 21.7 Å². The number of alkyl carbamates (subject to hydrolysis) is 1. The summed E-state index contributed by atoms with van der Waals surface area (Å²) < 4.78 is 33.9. The van der Waals surface area contributed by atoms with Crippen molar-refractivity contribution in [3.8, 4) is 22.4 Å². The first-order valence-electron chi connectivity index (χ1n) is 12.8. The van der Waals surface area contributed by atoms with Gasteiger partial charge in [0.25, 0.3) is 10.0 Å². The standard InChI is InChI=1S/C29H32N6O4S/c1-6-24-26(21-14-25(19(2)30-16-21)35-40(37,38)23-10-8-7-9-11-23)27(34-18-33-24)20-12-13-22(31-15-20)17-32-28(36)39-29(3,4)5/h7-16,18,35H,6,17H2,1-5H3,(H,32,36). The van der Waals surface area contributed by atoms with E-state index in [0.29, 0.717) is 34.8 Å². The van der Waals surface area contributed by atoms with E-state index in [4.69, 9.17) is 4.74 Å². The number of anilines is 1. The highest BCUT2D eigenvalue weighted by Gasteiger charge is 2.20. The molecule has 0 aliphatic heterocycles. The number of ether oxygens (including phenoxy) is 1. The SMILES string of the molecule is CCc1ncnc(-c2ccc(CNC(=O)OC(C)(C)C)nc2)c1-c1cnc(C)c(NS(=O)(=O)c2ccccc2)c1. The van der Waals surface area contributed by atoms with E-state index in [2.05, 4.69) is 30.0 Å². The van der Waals surface area contributed by atoms with Crippen LogP contribution in [0.2, 0.25) is 0 Å². The number of hydrogen-bond acceptors (Lipinski definition) is 8. The minimum absolute atomic E-state index is 0.158. The Morgan fingerprint density at radius 1 is 0.950 bits per heavy atom. The van der Waals surface area contributed by atoms with Crippen LogP contribution in [-0.4, -0.2) is 40.0 Å². The molecule has 10 nitrogen and oxygen atoms in total. The highest BCUT2D eigenvalue weighted by atomic mass is 32.2. The minimum Gasteiger partial charge on any atom is -0.444 e. The molecule has 0 radical (unpaired) electrons. The number of benzene rings is 1. The van der Waals surface area contributed by atoms with E-state index >= 15 is 0 Å². The predicted molar refractivity (Wildman–Crippen MR) is 153 cm³/mol. The summed E-state index contributed by atoms with van der Waals surface area (Å²) in [4.78, 5) is 30.1. The van der Waals surface area contributed by atoms with E-state index in [9.17, 15) is 13.2 Å². The Morgan fingerprint density at radius 3 is 2.33 bits per heavy atom. The maximum Gasteiger partial charge on any atom is 0.407 e. The summed E-state index contributed by atoms with van der Waals surface area (Å²) >= 11 is 0. The summed E-state index contributed by atoms with van der Waals surface area (Å²) in [5.41, 5.74) is 4.50. The van der Waals surface area contributed by atoms with Crippen molar-refractivity contribution in [1.82, 2.24) is 25.3 Å². The molecule has 0 fully saturated rings. The molecule has 2 N–H and O–H groups in total. The first kappa shape index (κ1) is 28.6. The fourth-order valence-electron chi connectivity index (χ4n) is 3.93. The molecule has 40 heavy (non-hydrogen) atoms. The number of aromatic nitrogens is 4. The van der Waals surface area contributed by atoms with Gasteiger partial charge in [0.2, 0.25) is 0 Å².